The number of hydrogen-bond acceptors (Lipinski definition) is 8. The Labute approximate surface area is 170 Å². The summed E-state index contributed by atoms with van der Waals surface area (Å²) in [4.78, 5) is 26.3. The average molecular weight is 420 g/mol. The number of methoxy groups -OCH3 is 1. The van der Waals surface area contributed by atoms with Gasteiger partial charge in [0.2, 0.25) is 20.9 Å². The molecule has 9 nitrogen and oxygen atoms in total. The Morgan fingerprint density at radius 1 is 1.28 bits per heavy atom. The molecule has 1 saturated heterocycles. The van der Waals surface area contributed by atoms with Gasteiger partial charge in [0, 0.05) is 29.8 Å². The van der Waals surface area contributed by atoms with Crippen molar-refractivity contribution in [1.29, 1.82) is 0 Å². The minimum Gasteiger partial charge on any atom is -0.481 e. The smallest absolute Gasteiger partial charge is 0.410 e. The lowest BCUT2D eigenvalue weighted by molar-refractivity contribution is 0.156. The Morgan fingerprint density at radius 2 is 2.00 bits per heavy atom. The van der Waals surface area contributed by atoms with Crippen LogP contribution in [0.25, 0.3) is 11.1 Å². The van der Waals surface area contributed by atoms with Crippen LogP contribution in [0.4, 0.5) is 4.79 Å². The van der Waals surface area contributed by atoms with Crippen molar-refractivity contribution < 1.29 is 22.7 Å². The van der Waals surface area contributed by atoms with Crippen molar-refractivity contribution in [2.24, 2.45) is 0 Å². The monoisotopic (exact) mass is 420 g/mol. The normalized spacial score (nSPS) is 17.0. The fraction of sp³-hybridized carbons (Fsp3) is 0.474. The Morgan fingerprint density at radius 3 is 2.55 bits per heavy atom. The van der Waals surface area contributed by atoms with Gasteiger partial charge in [0.25, 0.3) is 0 Å². The minimum atomic E-state index is -3.63. The molecule has 1 unspecified atom stereocenters. The summed E-state index contributed by atoms with van der Waals surface area (Å²) >= 11 is 0. The molecule has 1 atom stereocenters. The highest BCUT2D eigenvalue weighted by atomic mass is 32.2. The highest BCUT2D eigenvalue weighted by Crippen LogP contribution is 2.33. The van der Waals surface area contributed by atoms with Gasteiger partial charge in [0.15, 0.2) is 0 Å². The molecular formula is C19H24N4O5S. The van der Waals surface area contributed by atoms with Gasteiger partial charge >= 0.3 is 6.09 Å². The molecule has 1 amide bonds. The van der Waals surface area contributed by atoms with E-state index < -0.39 is 15.9 Å². The number of hydrogen-bond donors (Lipinski definition) is 0. The van der Waals surface area contributed by atoms with E-state index in [1.165, 1.54) is 18.2 Å². The number of amides is 1. The molecule has 10 heteroatoms. The van der Waals surface area contributed by atoms with Crippen LogP contribution in [0.2, 0.25) is 0 Å². The van der Waals surface area contributed by atoms with Crippen molar-refractivity contribution in [3.8, 4) is 17.0 Å². The number of sulfone groups is 1. The first-order valence-electron chi connectivity index (χ1n) is 9.15. The van der Waals surface area contributed by atoms with Crippen molar-refractivity contribution in [2.75, 3.05) is 20.0 Å². The topological polar surface area (TPSA) is 112 Å². The van der Waals surface area contributed by atoms with E-state index in [0.29, 0.717) is 22.7 Å². The number of pyridine rings is 1. The number of nitrogens with zero attached hydrogens (tertiary/aromatic N) is 4. The average Bonchev–Trinajstić information content (AvgIpc) is 2.98. The predicted octanol–water partition coefficient (Wildman–Crippen LogP) is 2.41. The maximum Gasteiger partial charge on any atom is 0.410 e. The van der Waals surface area contributed by atoms with Crippen molar-refractivity contribution in [2.45, 2.75) is 44.4 Å². The first-order chi connectivity index (χ1) is 13.6. The van der Waals surface area contributed by atoms with Crippen LogP contribution in [0.5, 0.6) is 5.88 Å². The third-order valence-corrected chi connectivity index (χ3v) is 5.59. The summed E-state index contributed by atoms with van der Waals surface area (Å²) < 4.78 is 34.5. The van der Waals surface area contributed by atoms with E-state index in [-0.39, 0.29) is 30.3 Å². The van der Waals surface area contributed by atoms with Gasteiger partial charge in [-0.3, -0.25) is 4.90 Å². The maximum atomic E-state index is 12.1. The fourth-order valence-electron chi connectivity index (χ4n) is 2.99. The molecule has 1 aliphatic heterocycles. The number of carbonyl (C=O) groups excluding carboxylic acids is 1. The molecular weight excluding hydrogens is 396 g/mol. The number of rotatable bonds is 6. The van der Waals surface area contributed by atoms with E-state index in [9.17, 15) is 13.2 Å². The number of aromatic nitrogens is 3. The van der Waals surface area contributed by atoms with Crippen LogP contribution in [0.3, 0.4) is 0 Å². The van der Waals surface area contributed by atoms with Crippen LogP contribution in [-0.2, 0) is 21.1 Å². The quantitative estimate of drug-likeness (QED) is 0.655. The third kappa shape index (κ3) is 4.31. The first kappa shape index (κ1) is 21.0. The van der Waals surface area contributed by atoms with Crippen molar-refractivity contribution in [3.63, 3.8) is 0 Å². The highest BCUT2D eigenvalue weighted by molar-refractivity contribution is 7.90. The summed E-state index contributed by atoms with van der Waals surface area (Å²) in [6.45, 7) is 6.28. The maximum absolute atomic E-state index is 12.1. The highest BCUT2D eigenvalue weighted by Gasteiger charge is 2.31. The lowest BCUT2D eigenvalue weighted by Gasteiger charge is -2.20. The van der Waals surface area contributed by atoms with Gasteiger partial charge in [0.1, 0.15) is 6.61 Å². The third-order valence-electron chi connectivity index (χ3n) is 4.73. The first-order valence-corrected chi connectivity index (χ1v) is 11.0. The Balaban J connectivity index is 2.18. The van der Waals surface area contributed by atoms with Crippen LogP contribution in [0, 0.1) is 0 Å². The number of cyclic esters (lactones) is 1. The van der Waals surface area contributed by atoms with Crippen molar-refractivity contribution >= 4 is 15.9 Å². The molecule has 0 aromatic carbocycles. The fourth-order valence-corrected chi connectivity index (χ4v) is 3.51. The van der Waals surface area contributed by atoms with E-state index in [4.69, 9.17) is 9.47 Å². The van der Waals surface area contributed by atoms with E-state index >= 15 is 0 Å². The van der Waals surface area contributed by atoms with Gasteiger partial charge in [-0.2, -0.15) is 0 Å². The largest absolute Gasteiger partial charge is 0.481 e. The van der Waals surface area contributed by atoms with Crippen LogP contribution in [0.1, 0.15) is 37.9 Å². The molecule has 2 aromatic heterocycles. The molecule has 1 aliphatic rings. The second-order valence-electron chi connectivity index (χ2n) is 7.32. The molecule has 0 saturated carbocycles. The zero-order chi connectivity index (χ0) is 21.3. The lowest BCUT2D eigenvalue weighted by atomic mass is 9.99. The SMILES string of the molecule is COc1ncc(C(C)C)cc1-c1cnc(S(C)(=O)=O)nc1CN1C(=O)OCC1C. The summed E-state index contributed by atoms with van der Waals surface area (Å²) in [6, 6.07) is 1.76. The Bertz CT molecular complexity index is 1040. The Kier molecular flexibility index (Phi) is 5.74. The summed E-state index contributed by atoms with van der Waals surface area (Å²) in [5.74, 6) is 0.587. The number of carbonyl (C=O) groups is 1. The van der Waals surface area contributed by atoms with Crippen molar-refractivity contribution in [3.05, 3.63) is 29.7 Å². The molecule has 0 spiro atoms. The Hall–Kier alpha value is -2.75. The molecule has 3 rings (SSSR count). The van der Waals surface area contributed by atoms with Crippen LogP contribution >= 0.6 is 0 Å². The van der Waals surface area contributed by atoms with Gasteiger partial charge in [-0.15, -0.1) is 0 Å². The summed E-state index contributed by atoms with van der Waals surface area (Å²) in [5, 5.41) is -0.302. The van der Waals surface area contributed by atoms with Crippen LogP contribution in [0.15, 0.2) is 23.6 Å². The summed E-state index contributed by atoms with van der Waals surface area (Å²) in [7, 11) is -2.12. The summed E-state index contributed by atoms with van der Waals surface area (Å²) in [5.41, 5.74) is 2.55. The van der Waals surface area contributed by atoms with E-state index in [1.54, 1.807) is 6.20 Å². The molecule has 29 heavy (non-hydrogen) atoms. The second-order valence-corrected chi connectivity index (χ2v) is 9.23. The van der Waals surface area contributed by atoms with Crippen molar-refractivity contribution in [1.82, 2.24) is 19.9 Å². The van der Waals surface area contributed by atoms with Crippen LogP contribution in [-0.4, -0.2) is 60.4 Å². The van der Waals surface area contributed by atoms with E-state index in [0.717, 1.165) is 11.8 Å². The molecule has 1 fully saturated rings. The van der Waals surface area contributed by atoms with Gasteiger partial charge in [-0.25, -0.2) is 28.2 Å². The summed E-state index contributed by atoms with van der Waals surface area (Å²) in [6.07, 6.45) is 3.75. The lowest BCUT2D eigenvalue weighted by Crippen LogP contribution is -2.31. The molecule has 0 N–H and O–H groups in total. The van der Waals surface area contributed by atoms with Crippen LogP contribution < -0.4 is 4.74 Å². The number of ether oxygens (including phenoxy) is 2. The zero-order valence-corrected chi connectivity index (χ0v) is 17.9. The van der Waals surface area contributed by atoms with Gasteiger partial charge < -0.3 is 9.47 Å². The minimum absolute atomic E-state index is 0.0788. The molecule has 0 radical (unpaired) electrons. The molecule has 3 heterocycles. The van der Waals surface area contributed by atoms with E-state index in [2.05, 4.69) is 15.0 Å². The molecule has 0 aliphatic carbocycles. The zero-order valence-electron chi connectivity index (χ0n) is 17.0. The predicted molar refractivity (Wildman–Crippen MR) is 105 cm³/mol. The molecule has 156 valence electrons. The molecule has 2 aromatic rings. The van der Waals surface area contributed by atoms with Gasteiger partial charge in [-0.1, -0.05) is 13.8 Å². The second kappa shape index (κ2) is 7.94. The van der Waals surface area contributed by atoms with Gasteiger partial charge in [-0.05, 0) is 24.5 Å². The van der Waals surface area contributed by atoms with E-state index in [1.807, 2.05) is 26.8 Å². The standard InChI is InChI=1S/C19H24N4O5S/c1-11(2)13-6-14(17(27-4)20-7-13)15-8-21-18(29(5,25)26)22-16(15)9-23-12(3)10-28-19(23)24/h6-8,11-12H,9-10H2,1-5H3. The van der Waals surface area contributed by atoms with Gasteiger partial charge in [0.05, 0.1) is 25.4 Å². The molecule has 0 bridgehead atoms.